The molecule has 0 fully saturated rings. The highest BCUT2D eigenvalue weighted by Crippen LogP contribution is 2.36. The van der Waals surface area contributed by atoms with E-state index in [0.717, 1.165) is 28.3 Å². The third-order valence-electron chi connectivity index (χ3n) is 4.04. The molecule has 0 radical (unpaired) electrons. The molecule has 2 heterocycles. The van der Waals surface area contributed by atoms with Gasteiger partial charge < -0.3 is 15.8 Å². The summed E-state index contributed by atoms with van der Waals surface area (Å²) in [6.07, 6.45) is 5.18. The Morgan fingerprint density at radius 2 is 1.81 bits per heavy atom. The number of aromatic nitrogens is 3. The van der Waals surface area contributed by atoms with Crippen LogP contribution in [0, 0.1) is 0 Å². The van der Waals surface area contributed by atoms with Gasteiger partial charge in [0.1, 0.15) is 11.6 Å². The van der Waals surface area contributed by atoms with E-state index in [1.807, 2.05) is 38.1 Å². The fourth-order valence-electron chi connectivity index (χ4n) is 2.39. The second kappa shape index (κ2) is 8.70. The molecule has 0 spiro atoms. The lowest BCUT2D eigenvalue weighted by Crippen LogP contribution is -2.29. The van der Waals surface area contributed by atoms with Gasteiger partial charge in [-0.25, -0.2) is 4.98 Å². The fraction of sp³-hybridized carbons (Fsp3) is 0.263. The SMILES string of the molecule is CC(C)(CN)c1nc(-c2ccc(Br)c(O)c2)c(-c2ccncc2)[nH]1.CS. The second-order valence-corrected chi connectivity index (χ2v) is 7.15. The zero-order valence-corrected chi connectivity index (χ0v) is 17.5. The Hall–Kier alpha value is -1.83. The van der Waals surface area contributed by atoms with Crippen LogP contribution in [0.3, 0.4) is 0 Å². The van der Waals surface area contributed by atoms with Crippen LogP contribution in [0.2, 0.25) is 0 Å². The number of nitrogens with one attached hydrogen (secondary N) is 1. The first-order valence-corrected chi connectivity index (χ1v) is 9.75. The van der Waals surface area contributed by atoms with Gasteiger partial charge in [0.15, 0.2) is 0 Å². The van der Waals surface area contributed by atoms with E-state index >= 15 is 0 Å². The molecule has 3 rings (SSSR count). The molecule has 0 unspecified atom stereocenters. The number of thiol groups is 1. The van der Waals surface area contributed by atoms with Crippen LogP contribution in [-0.4, -0.2) is 32.9 Å². The summed E-state index contributed by atoms with van der Waals surface area (Å²) in [4.78, 5) is 12.3. The Kier molecular flexibility index (Phi) is 6.86. The molecule has 0 atom stereocenters. The smallest absolute Gasteiger partial charge is 0.130 e. The number of pyridine rings is 1. The van der Waals surface area contributed by atoms with Gasteiger partial charge in [-0.3, -0.25) is 4.98 Å². The van der Waals surface area contributed by atoms with E-state index in [1.54, 1.807) is 24.7 Å². The number of nitrogens with zero attached hydrogens (tertiary/aromatic N) is 2. The standard InChI is InChI=1S/C18H19BrN4O.CH4S/c1-18(2,10-20)17-22-15(11-5-7-21-8-6-11)16(23-17)12-3-4-13(19)14(24)9-12;1-2/h3-9,24H,10,20H2,1-2H3,(H,22,23);2H,1H3. The van der Waals surface area contributed by atoms with Crippen LogP contribution in [-0.2, 0) is 5.41 Å². The molecule has 5 nitrogen and oxygen atoms in total. The van der Waals surface area contributed by atoms with Gasteiger partial charge in [0.2, 0.25) is 0 Å². The lowest BCUT2D eigenvalue weighted by molar-refractivity contribution is 0.472. The summed E-state index contributed by atoms with van der Waals surface area (Å²) in [5.41, 5.74) is 9.10. The number of rotatable bonds is 4. The van der Waals surface area contributed by atoms with Gasteiger partial charge in [-0.2, -0.15) is 12.6 Å². The van der Waals surface area contributed by atoms with Gasteiger partial charge in [0.05, 0.1) is 15.9 Å². The topological polar surface area (TPSA) is 87.8 Å². The van der Waals surface area contributed by atoms with E-state index in [1.165, 1.54) is 0 Å². The van der Waals surface area contributed by atoms with Crippen LogP contribution in [0.5, 0.6) is 5.75 Å². The van der Waals surface area contributed by atoms with Gasteiger partial charge >= 0.3 is 0 Å². The molecule has 4 N–H and O–H groups in total. The Morgan fingerprint density at radius 1 is 1.15 bits per heavy atom. The van der Waals surface area contributed by atoms with Crippen molar-refractivity contribution >= 4 is 28.6 Å². The van der Waals surface area contributed by atoms with Crippen molar-refractivity contribution in [3.05, 3.63) is 53.0 Å². The molecule has 0 saturated carbocycles. The largest absolute Gasteiger partial charge is 0.507 e. The lowest BCUT2D eigenvalue weighted by atomic mass is 9.93. The Balaban J connectivity index is 0.00000117. The average Bonchev–Trinajstić information content (AvgIpc) is 3.12. The number of phenolic OH excluding ortho intramolecular Hbond substituents is 1. The first-order chi connectivity index (χ1) is 12.4. The molecule has 26 heavy (non-hydrogen) atoms. The maximum absolute atomic E-state index is 10.0. The van der Waals surface area contributed by atoms with Crippen LogP contribution in [0.1, 0.15) is 19.7 Å². The molecule has 138 valence electrons. The Bertz CT molecular complexity index is 865. The van der Waals surface area contributed by atoms with E-state index in [0.29, 0.717) is 11.0 Å². The number of hydrogen-bond donors (Lipinski definition) is 4. The first-order valence-electron chi connectivity index (χ1n) is 8.07. The van der Waals surface area contributed by atoms with Gasteiger partial charge in [0, 0.05) is 35.5 Å². The molecule has 2 aromatic heterocycles. The van der Waals surface area contributed by atoms with E-state index < -0.39 is 0 Å². The Morgan fingerprint density at radius 3 is 2.38 bits per heavy atom. The summed E-state index contributed by atoms with van der Waals surface area (Å²) in [5.74, 6) is 0.991. The fourth-order valence-corrected chi connectivity index (χ4v) is 2.63. The van der Waals surface area contributed by atoms with Crippen molar-refractivity contribution in [2.24, 2.45) is 5.73 Å². The van der Waals surface area contributed by atoms with Crippen LogP contribution < -0.4 is 5.73 Å². The number of aromatic hydroxyl groups is 1. The minimum Gasteiger partial charge on any atom is -0.507 e. The third-order valence-corrected chi connectivity index (χ3v) is 4.71. The van der Waals surface area contributed by atoms with Crippen molar-refractivity contribution < 1.29 is 5.11 Å². The zero-order valence-electron chi connectivity index (χ0n) is 15.0. The van der Waals surface area contributed by atoms with Gasteiger partial charge in [-0.1, -0.05) is 19.9 Å². The van der Waals surface area contributed by atoms with E-state index in [-0.39, 0.29) is 11.2 Å². The predicted octanol–water partition coefficient (Wildman–Crippen LogP) is 4.39. The number of halogens is 1. The van der Waals surface area contributed by atoms with Crippen molar-refractivity contribution in [3.8, 4) is 28.3 Å². The number of nitrogens with two attached hydrogens (primary N) is 1. The first kappa shape index (κ1) is 20.5. The summed E-state index contributed by atoms with van der Waals surface area (Å²) in [5, 5.41) is 10.0. The highest BCUT2D eigenvalue weighted by molar-refractivity contribution is 9.10. The molecule has 7 heteroatoms. The van der Waals surface area contributed by atoms with Crippen molar-refractivity contribution in [1.82, 2.24) is 15.0 Å². The number of aromatic amines is 1. The molecular weight excluding hydrogens is 412 g/mol. The summed E-state index contributed by atoms with van der Waals surface area (Å²) in [6.45, 7) is 4.57. The van der Waals surface area contributed by atoms with E-state index in [9.17, 15) is 5.11 Å². The molecule has 0 bridgehead atoms. The molecule has 0 saturated heterocycles. The van der Waals surface area contributed by atoms with Gasteiger partial charge in [-0.05, 0) is 46.5 Å². The monoisotopic (exact) mass is 434 g/mol. The van der Waals surface area contributed by atoms with Crippen molar-refractivity contribution in [3.63, 3.8) is 0 Å². The summed E-state index contributed by atoms with van der Waals surface area (Å²) in [7, 11) is 0. The number of imidazole rings is 1. The molecule has 0 amide bonds. The van der Waals surface area contributed by atoms with Crippen molar-refractivity contribution in [1.29, 1.82) is 0 Å². The maximum atomic E-state index is 10.0. The molecule has 1 aromatic carbocycles. The summed E-state index contributed by atoms with van der Waals surface area (Å²) in [6, 6.07) is 9.28. The number of hydrogen-bond acceptors (Lipinski definition) is 5. The van der Waals surface area contributed by atoms with Crippen molar-refractivity contribution in [2.45, 2.75) is 19.3 Å². The molecular formula is C19H23BrN4OS. The van der Waals surface area contributed by atoms with Crippen LogP contribution in [0.15, 0.2) is 47.2 Å². The molecule has 3 aromatic rings. The Labute approximate surface area is 167 Å². The van der Waals surface area contributed by atoms with Crippen molar-refractivity contribution in [2.75, 3.05) is 12.8 Å². The summed E-state index contributed by atoms with van der Waals surface area (Å²) < 4.78 is 0.648. The average molecular weight is 435 g/mol. The van der Waals surface area contributed by atoms with E-state index in [4.69, 9.17) is 10.7 Å². The van der Waals surface area contributed by atoms with Crippen LogP contribution >= 0.6 is 28.6 Å². The molecule has 0 aliphatic carbocycles. The predicted molar refractivity (Wildman–Crippen MR) is 114 cm³/mol. The number of H-pyrrole nitrogens is 1. The minimum atomic E-state index is -0.280. The van der Waals surface area contributed by atoms with Crippen LogP contribution in [0.4, 0.5) is 0 Å². The number of phenols is 1. The van der Waals surface area contributed by atoms with E-state index in [2.05, 4.69) is 38.5 Å². The molecule has 0 aliphatic rings. The number of benzene rings is 1. The minimum absolute atomic E-state index is 0.177. The highest BCUT2D eigenvalue weighted by atomic mass is 79.9. The maximum Gasteiger partial charge on any atom is 0.130 e. The second-order valence-electron chi connectivity index (χ2n) is 6.30. The van der Waals surface area contributed by atoms with Gasteiger partial charge in [0.25, 0.3) is 0 Å². The quantitative estimate of drug-likeness (QED) is 0.458. The zero-order chi connectivity index (χ0) is 19.3. The normalized spacial score (nSPS) is 11.0. The highest BCUT2D eigenvalue weighted by Gasteiger charge is 2.25. The lowest BCUT2D eigenvalue weighted by Gasteiger charge is -2.18. The van der Waals surface area contributed by atoms with Crippen LogP contribution in [0.25, 0.3) is 22.5 Å². The third kappa shape index (κ3) is 4.28. The van der Waals surface area contributed by atoms with Gasteiger partial charge in [-0.15, -0.1) is 0 Å². The summed E-state index contributed by atoms with van der Waals surface area (Å²) >= 11 is 6.84. The molecule has 0 aliphatic heterocycles.